The van der Waals surface area contributed by atoms with Gasteiger partial charge >= 0.3 is 0 Å². The summed E-state index contributed by atoms with van der Waals surface area (Å²) in [7, 11) is 0. The van der Waals surface area contributed by atoms with E-state index in [-0.39, 0.29) is 12.6 Å². The van der Waals surface area contributed by atoms with Gasteiger partial charge < -0.3 is 5.73 Å². The zero-order valence-corrected chi connectivity index (χ0v) is 7.74. The summed E-state index contributed by atoms with van der Waals surface area (Å²) in [6.07, 6.45) is 2.70. The maximum atomic E-state index is 13.0. The standard InChI is InChI=1S/C10H9F4N/c11-7-5-8(12)10(14)6(9(7)13)3-1-2-4-15/h1,3,5H,2,4,15H2. The van der Waals surface area contributed by atoms with Gasteiger partial charge in [-0.2, -0.15) is 0 Å². The van der Waals surface area contributed by atoms with Crippen molar-refractivity contribution in [2.45, 2.75) is 6.42 Å². The molecule has 0 radical (unpaired) electrons. The second kappa shape index (κ2) is 4.93. The van der Waals surface area contributed by atoms with E-state index in [1.165, 1.54) is 6.08 Å². The van der Waals surface area contributed by atoms with Crippen LogP contribution in [0.15, 0.2) is 12.1 Å². The molecule has 0 amide bonds. The molecule has 0 aromatic heterocycles. The van der Waals surface area contributed by atoms with Crippen LogP contribution < -0.4 is 5.73 Å². The summed E-state index contributed by atoms with van der Waals surface area (Å²) in [6.45, 7) is 0.289. The fourth-order valence-corrected chi connectivity index (χ4v) is 1.04. The Hall–Kier alpha value is -1.36. The van der Waals surface area contributed by atoms with E-state index in [2.05, 4.69) is 0 Å². The molecule has 15 heavy (non-hydrogen) atoms. The van der Waals surface area contributed by atoms with Gasteiger partial charge in [-0.05, 0) is 13.0 Å². The quantitative estimate of drug-likeness (QED) is 0.613. The number of nitrogens with two attached hydrogens (primary N) is 1. The zero-order valence-electron chi connectivity index (χ0n) is 7.74. The lowest BCUT2D eigenvalue weighted by molar-refractivity contribution is 0.451. The van der Waals surface area contributed by atoms with Crippen LogP contribution in [0.5, 0.6) is 0 Å². The minimum Gasteiger partial charge on any atom is -0.330 e. The Labute approximate surface area is 84.2 Å². The summed E-state index contributed by atoms with van der Waals surface area (Å²) in [5.41, 5.74) is 4.42. The smallest absolute Gasteiger partial charge is 0.169 e. The summed E-state index contributed by atoms with van der Waals surface area (Å²) in [4.78, 5) is 0. The molecular formula is C10H9F4N. The molecule has 1 rings (SSSR count). The van der Waals surface area contributed by atoms with E-state index in [9.17, 15) is 17.6 Å². The number of benzene rings is 1. The molecule has 0 aliphatic rings. The maximum absolute atomic E-state index is 13.0. The molecule has 0 fully saturated rings. The molecule has 0 saturated carbocycles. The third-order valence-electron chi connectivity index (χ3n) is 1.76. The van der Waals surface area contributed by atoms with Crippen molar-refractivity contribution in [3.63, 3.8) is 0 Å². The summed E-state index contributed by atoms with van der Waals surface area (Å²) in [5.74, 6) is -5.63. The molecule has 0 aliphatic heterocycles. The SMILES string of the molecule is NCCC=Cc1c(F)c(F)cc(F)c1F. The first-order valence-corrected chi connectivity index (χ1v) is 4.27. The monoisotopic (exact) mass is 219 g/mol. The van der Waals surface area contributed by atoms with Gasteiger partial charge in [0.1, 0.15) is 0 Å². The van der Waals surface area contributed by atoms with Crippen molar-refractivity contribution >= 4 is 6.08 Å². The minimum atomic E-state index is -1.42. The van der Waals surface area contributed by atoms with E-state index in [1.807, 2.05) is 0 Å². The topological polar surface area (TPSA) is 26.0 Å². The third kappa shape index (κ3) is 2.56. The van der Waals surface area contributed by atoms with E-state index >= 15 is 0 Å². The predicted molar refractivity (Wildman–Crippen MR) is 49.0 cm³/mol. The highest BCUT2D eigenvalue weighted by atomic mass is 19.2. The van der Waals surface area contributed by atoms with Crippen molar-refractivity contribution in [1.29, 1.82) is 0 Å². The Morgan fingerprint density at radius 1 is 1.07 bits per heavy atom. The van der Waals surface area contributed by atoms with Gasteiger partial charge in [-0.15, -0.1) is 0 Å². The predicted octanol–water partition coefficient (Wildman–Crippen LogP) is 2.61. The first-order valence-electron chi connectivity index (χ1n) is 4.27. The Balaban J connectivity index is 3.15. The zero-order chi connectivity index (χ0) is 11.4. The highest BCUT2D eigenvalue weighted by molar-refractivity contribution is 5.51. The molecule has 0 aliphatic carbocycles. The molecule has 0 bridgehead atoms. The molecule has 1 aromatic carbocycles. The van der Waals surface area contributed by atoms with Crippen LogP contribution in [0.1, 0.15) is 12.0 Å². The highest BCUT2D eigenvalue weighted by Crippen LogP contribution is 2.20. The number of hydrogen-bond acceptors (Lipinski definition) is 1. The van der Waals surface area contributed by atoms with E-state index in [1.54, 1.807) is 0 Å². The molecular weight excluding hydrogens is 210 g/mol. The van der Waals surface area contributed by atoms with E-state index in [4.69, 9.17) is 5.73 Å². The third-order valence-corrected chi connectivity index (χ3v) is 1.76. The van der Waals surface area contributed by atoms with Crippen LogP contribution in [0.25, 0.3) is 6.08 Å². The Kier molecular flexibility index (Phi) is 3.85. The van der Waals surface area contributed by atoms with Crippen molar-refractivity contribution in [2.24, 2.45) is 5.73 Å². The van der Waals surface area contributed by atoms with Crippen LogP contribution in [0.4, 0.5) is 17.6 Å². The number of halogens is 4. The molecule has 0 heterocycles. The van der Waals surface area contributed by atoms with Gasteiger partial charge in [0, 0.05) is 6.07 Å². The van der Waals surface area contributed by atoms with Crippen LogP contribution in [0, 0.1) is 23.3 Å². The Morgan fingerprint density at radius 2 is 1.60 bits per heavy atom. The molecule has 1 nitrogen and oxygen atoms in total. The molecule has 0 unspecified atom stereocenters. The van der Waals surface area contributed by atoms with E-state index < -0.39 is 28.8 Å². The van der Waals surface area contributed by atoms with Gasteiger partial charge in [0.15, 0.2) is 23.3 Å². The van der Waals surface area contributed by atoms with E-state index in [0.717, 1.165) is 6.08 Å². The largest absolute Gasteiger partial charge is 0.330 e. The molecule has 82 valence electrons. The Morgan fingerprint density at radius 3 is 2.07 bits per heavy atom. The first kappa shape index (κ1) is 11.7. The molecule has 5 heteroatoms. The molecule has 2 N–H and O–H groups in total. The first-order chi connectivity index (χ1) is 7.07. The maximum Gasteiger partial charge on any atom is 0.169 e. The molecule has 0 spiro atoms. The van der Waals surface area contributed by atoms with Gasteiger partial charge in [-0.1, -0.05) is 12.2 Å². The summed E-state index contributed by atoms with van der Waals surface area (Å²) < 4.78 is 51.4. The number of rotatable bonds is 3. The van der Waals surface area contributed by atoms with Gasteiger partial charge in [0.2, 0.25) is 0 Å². The minimum absolute atomic E-state index is 0.172. The molecule has 1 aromatic rings. The van der Waals surface area contributed by atoms with Crippen LogP contribution in [0.2, 0.25) is 0 Å². The second-order valence-electron chi connectivity index (χ2n) is 2.86. The lowest BCUT2D eigenvalue weighted by atomic mass is 10.1. The Bertz CT molecular complexity index is 361. The van der Waals surface area contributed by atoms with Crippen LogP contribution in [-0.4, -0.2) is 6.54 Å². The highest BCUT2D eigenvalue weighted by Gasteiger charge is 2.16. The fourth-order valence-electron chi connectivity index (χ4n) is 1.04. The van der Waals surface area contributed by atoms with Gasteiger partial charge in [0.25, 0.3) is 0 Å². The van der Waals surface area contributed by atoms with Crippen LogP contribution in [0.3, 0.4) is 0 Å². The summed E-state index contributed by atoms with van der Waals surface area (Å²) in [6, 6.07) is 0.172. The summed E-state index contributed by atoms with van der Waals surface area (Å²) in [5, 5.41) is 0. The van der Waals surface area contributed by atoms with Crippen LogP contribution >= 0.6 is 0 Å². The second-order valence-corrected chi connectivity index (χ2v) is 2.86. The van der Waals surface area contributed by atoms with Crippen molar-refractivity contribution < 1.29 is 17.6 Å². The lowest BCUT2D eigenvalue weighted by Crippen LogP contribution is -1.99. The average molecular weight is 219 g/mol. The number of hydrogen-bond donors (Lipinski definition) is 1. The van der Waals surface area contributed by atoms with Gasteiger partial charge in [-0.25, -0.2) is 17.6 Å². The molecule has 0 saturated heterocycles. The van der Waals surface area contributed by atoms with Crippen molar-refractivity contribution in [3.05, 3.63) is 41.0 Å². The van der Waals surface area contributed by atoms with Crippen molar-refractivity contribution in [1.82, 2.24) is 0 Å². The normalized spacial score (nSPS) is 11.3. The van der Waals surface area contributed by atoms with Gasteiger partial charge in [-0.3, -0.25) is 0 Å². The van der Waals surface area contributed by atoms with Crippen LogP contribution in [-0.2, 0) is 0 Å². The fraction of sp³-hybridized carbons (Fsp3) is 0.200. The summed E-state index contributed by atoms with van der Waals surface area (Å²) >= 11 is 0. The van der Waals surface area contributed by atoms with E-state index in [0.29, 0.717) is 6.42 Å². The van der Waals surface area contributed by atoms with Crippen molar-refractivity contribution in [2.75, 3.05) is 6.54 Å². The van der Waals surface area contributed by atoms with Crippen molar-refractivity contribution in [3.8, 4) is 0 Å². The average Bonchev–Trinajstić information content (AvgIpc) is 2.20. The van der Waals surface area contributed by atoms with Gasteiger partial charge in [0.05, 0.1) is 5.56 Å². The lowest BCUT2D eigenvalue weighted by Gasteiger charge is -2.01. The molecule has 0 atom stereocenters.